The molecule has 3 N–H and O–H groups in total. The summed E-state index contributed by atoms with van der Waals surface area (Å²) in [7, 11) is -8.05. The van der Waals surface area contributed by atoms with Crippen LogP contribution in [0.4, 0.5) is 15.8 Å². The van der Waals surface area contributed by atoms with Crippen LogP contribution in [0.15, 0.2) is 63.1 Å². The number of benzene rings is 2. The van der Waals surface area contributed by atoms with Crippen LogP contribution in [-0.2, 0) is 24.8 Å². The van der Waals surface area contributed by atoms with Crippen molar-refractivity contribution >= 4 is 54.8 Å². The summed E-state index contributed by atoms with van der Waals surface area (Å²) in [5, 5.41) is 14.3. The topological polar surface area (TPSA) is 145 Å². The van der Waals surface area contributed by atoms with Crippen LogP contribution in [0.1, 0.15) is 30.3 Å². The summed E-state index contributed by atoms with van der Waals surface area (Å²) >= 11 is 6.84. The molecule has 0 spiro atoms. The number of fused-ring (bicyclic) bond motifs is 6. The maximum absolute atomic E-state index is 14.0. The van der Waals surface area contributed by atoms with Crippen LogP contribution in [0.5, 0.6) is 0 Å². The van der Waals surface area contributed by atoms with Crippen molar-refractivity contribution in [1.29, 1.82) is 0 Å². The van der Waals surface area contributed by atoms with E-state index < -0.39 is 49.2 Å². The van der Waals surface area contributed by atoms with Gasteiger partial charge in [0.2, 0.25) is 10.0 Å². The Hall–Kier alpha value is -3.16. The third kappa shape index (κ3) is 4.36. The number of hydrogen-bond acceptors (Lipinski definition) is 7. The molecule has 2 aliphatic heterocycles. The molecule has 10 nitrogen and oxygen atoms in total. The van der Waals surface area contributed by atoms with E-state index in [1.807, 2.05) is 0 Å². The predicted octanol–water partition coefficient (Wildman–Crippen LogP) is 3.72. The largest absolute Gasteiger partial charge is 0.511 e. The zero-order chi connectivity index (χ0) is 27.9. The first-order valence-electron chi connectivity index (χ1n) is 12.2. The third-order valence-electron chi connectivity index (χ3n) is 7.87. The smallest absolute Gasteiger partial charge is 0.286 e. The van der Waals surface area contributed by atoms with Gasteiger partial charge in [-0.15, -0.1) is 4.40 Å². The highest BCUT2D eigenvalue weighted by Crippen LogP contribution is 2.57. The molecule has 2 bridgehead atoms. The monoisotopic (exact) mass is 594 g/mol. The average Bonchev–Trinajstić information content (AvgIpc) is 3.46. The molecule has 2 fully saturated rings. The fraction of sp³-hybridized carbons (Fsp3) is 0.360. The minimum atomic E-state index is -4.39. The summed E-state index contributed by atoms with van der Waals surface area (Å²) in [5.74, 6) is -1.97. The Morgan fingerprint density at radius 1 is 1.18 bits per heavy atom. The Bertz CT molecular complexity index is 1680. The molecular weight excluding hydrogens is 571 g/mol. The number of anilines is 2. The maximum Gasteiger partial charge on any atom is 0.286 e. The summed E-state index contributed by atoms with van der Waals surface area (Å²) < 4.78 is 69.2. The molecule has 206 valence electrons. The summed E-state index contributed by atoms with van der Waals surface area (Å²) in [6, 6.07) is 8.90. The fourth-order valence-electron chi connectivity index (χ4n) is 6.39. The van der Waals surface area contributed by atoms with E-state index >= 15 is 0 Å². The van der Waals surface area contributed by atoms with Crippen molar-refractivity contribution in [1.82, 2.24) is 4.90 Å². The maximum atomic E-state index is 14.0. The molecule has 2 saturated carbocycles. The number of hydrogen-bond donors (Lipinski definition) is 3. The molecule has 2 aromatic carbocycles. The highest BCUT2D eigenvalue weighted by molar-refractivity contribution is 7.92. The van der Waals surface area contributed by atoms with E-state index in [9.17, 15) is 31.1 Å². The summed E-state index contributed by atoms with van der Waals surface area (Å²) in [6.07, 6.45) is 3.45. The van der Waals surface area contributed by atoms with Gasteiger partial charge in [0.1, 0.15) is 27.5 Å². The summed E-state index contributed by atoms with van der Waals surface area (Å²) in [5.41, 5.74) is -0.711. The molecule has 2 aromatic rings. The van der Waals surface area contributed by atoms with Gasteiger partial charge >= 0.3 is 0 Å². The quantitative estimate of drug-likeness (QED) is 0.353. The van der Waals surface area contributed by atoms with Gasteiger partial charge in [0.25, 0.3) is 15.9 Å². The fourth-order valence-corrected chi connectivity index (χ4v) is 8.46. The summed E-state index contributed by atoms with van der Waals surface area (Å²) in [4.78, 5) is 15.2. The number of amides is 1. The number of carbonyl (C=O) groups is 1. The molecule has 14 heteroatoms. The van der Waals surface area contributed by atoms with Gasteiger partial charge < -0.3 is 15.3 Å². The van der Waals surface area contributed by atoms with Gasteiger partial charge in [-0.1, -0.05) is 23.7 Å². The van der Waals surface area contributed by atoms with Crippen LogP contribution in [0, 0.1) is 23.6 Å². The van der Waals surface area contributed by atoms with Gasteiger partial charge in [-0.25, -0.2) is 12.8 Å². The molecule has 4 aliphatic rings. The van der Waals surface area contributed by atoms with Crippen LogP contribution >= 0.6 is 11.6 Å². The predicted molar refractivity (Wildman–Crippen MR) is 143 cm³/mol. The Kier molecular flexibility index (Phi) is 5.97. The number of rotatable bonds is 5. The minimum absolute atomic E-state index is 0.0244. The molecular formula is C25H24ClFN4O6S2. The van der Waals surface area contributed by atoms with Crippen molar-refractivity contribution in [2.24, 2.45) is 22.2 Å². The number of sulfonamides is 2. The van der Waals surface area contributed by atoms with Gasteiger partial charge in [0.05, 0.1) is 11.9 Å². The second-order valence-corrected chi connectivity index (χ2v) is 14.1. The van der Waals surface area contributed by atoms with Crippen LogP contribution in [0.2, 0.25) is 0 Å². The molecule has 0 radical (unpaired) electrons. The Labute approximate surface area is 229 Å². The standard InChI is InChI=1S/C25H24ClFN4O6S2/c1-38(34,35)29-16-8-9-17-18(11-16)39(36,37)30-24(28-17)20-22(32)19-13-2-3-14(10-13)21(19)31(25(20)33)23(26)12-4-6-15(27)7-5-12/h4-9,11,13-14,19,21,23,29,32H,2-3,10H2,1H3,(H,28,30)/t13-,14+,19-,21+,23?/m1/s1. The summed E-state index contributed by atoms with van der Waals surface area (Å²) in [6.45, 7) is 0. The molecule has 1 unspecified atom stereocenters. The van der Waals surface area contributed by atoms with E-state index in [0.717, 1.165) is 31.6 Å². The third-order valence-corrected chi connectivity index (χ3v) is 10.3. The lowest BCUT2D eigenvalue weighted by atomic mass is 9.77. The zero-order valence-electron chi connectivity index (χ0n) is 20.5. The second-order valence-electron chi connectivity index (χ2n) is 10.3. The molecule has 2 aliphatic carbocycles. The van der Waals surface area contributed by atoms with Crippen molar-refractivity contribution in [3.8, 4) is 0 Å². The molecule has 6 rings (SSSR count). The van der Waals surface area contributed by atoms with Crippen molar-refractivity contribution < 1.29 is 31.1 Å². The van der Waals surface area contributed by atoms with E-state index in [1.54, 1.807) is 0 Å². The lowest BCUT2D eigenvalue weighted by molar-refractivity contribution is -0.134. The Morgan fingerprint density at radius 3 is 2.56 bits per heavy atom. The number of halogens is 2. The van der Waals surface area contributed by atoms with Gasteiger partial charge in [-0.2, -0.15) is 8.42 Å². The second kappa shape index (κ2) is 8.93. The van der Waals surface area contributed by atoms with Crippen molar-refractivity contribution in [3.05, 3.63) is 65.2 Å². The zero-order valence-corrected chi connectivity index (χ0v) is 22.9. The van der Waals surface area contributed by atoms with Crippen molar-refractivity contribution in [2.75, 3.05) is 16.3 Å². The highest BCUT2D eigenvalue weighted by atomic mass is 35.5. The number of nitrogens with zero attached hydrogens (tertiary/aromatic N) is 2. The van der Waals surface area contributed by atoms with E-state index in [4.69, 9.17) is 11.6 Å². The van der Waals surface area contributed by atoms with Crippen LogP contribution in [-0.4, -0.2) is 50.9 Å². The number of aliphatic hydroxyl groups is 1. The SMILES string of the molecule is CS(=O)(=O)Nc1ccc2c(c1)S(=O)(=O)N=C(C1=C(O)[C@@H]3[C@@H]4CC[C@@H](C4)[C@@H]3N(C(Cl)c3ccc(F)cc3)C1=O)N2. The Morgan fingerprint density at radius 2 is 1.87 bits per heavy atom. The van der Waals surface area contributed by atoms with Gasteiger partial charge in [0, 0.05) is 17.6 Å². The number of alkyl halides is 1. The van der Waals surface area contributed by atoms with E-state index in [2.05, 4.69) is 14.4 Å². The number of carbonyl (C=O) groups excluding carboxylic acids is 1. The number of nitrogens with one attached hydrogen (secondary N) is 2. The highest BCUT2D eigenvalue weighted by Gasteiger charge is 2.58. The number of amidine groups is 1. The number of aliphatic hydroxyl groups excluding tert-OH is 1. The first kappa shape index (κ1) is 26.1. The van der Waals surface area contributed by atoms with Gasteiger partial charge in [-0.3, -0.25) is 9.52 Å². The molecule has 2 heterocycles. The first-order valence-corrected chi connectivity index (χ1v) is 16.0. The van der Waals surface area contributed by atoms with E-state index in [-0.39, 0.29) is 45.3 Å². The molecule has 39 heavy (non-hydrogen) atoms. The molecule has 0 saturated heterocycles. The van der Waals surface area contributed by atoms with Crippen LogP contribution < -0.4 is 10.0 Å². The lowest BCUT2D eigenvalue weighted by Gasteiger charge is -2.46. The van der Waals surface area contributed by atoms with Crippen LogP contribution in [0.25, 0.3) is 0 Å². The minimum Gasteiger partial charge on any atom is -0.511 e. The first-order chi connectivity index (χ1) is 18.3. The molecule has 0 aromatic heterocycles. The normalized spacial score (nSPS) is 27.9. The molecule has 5 atom stereocenters. The van der Waals surface area contributed by atoms with Crippen molar-refractivity contribution in [2.45, 2.75) is 35.7 Å². The van der Waals surface area contributed by atoms with E-state index in [1.165, 1.54) is 41.3 Å². The van der Waals surface area contributed by atoms with E-state index in [0.29, 0.717) is 5.56 Å². The molecule has 1 amide bonds. The van der Waals surface area contributed by atoms with Crippen molar-refractivity contribution in [3.63, 3.8) is 0 Å². The Balaban J connectivity index is 1.43. The van der Waals surface area contributed by atoms with Gasteiger partial charge in [-0.05, 0) is 67.0 Å². The lowest BCUT2D eigenvalue weighted by Crippen LogP contribution is -2.54. The van der Waals surface area contributed by atoms with Crippen LogP contribution in [0.3, 0.4) is 0 Å². The average molecular weight is 595 g/mol. The van der Waals surface area contributed by atoms with Gasteiger partial charge in [0.15, 0.2) is 5.84 Å².